The third-order valence-corrected chi connectivity index (χ3v) is 6.43. The zero-order valence-corrected chi connectivity index (χ0v) is 19.6. The minimum Gasteiger partial charge on any atom is -0.0683 e. The highest BCUT2D eigenvalue weighted by molar-refractivity contribution is 6.19. The summed E-state index contributed by atoms with van der Waals surface area (Å²) in [5, 5.41) is 8.11. The lowest BCUT2D eigenvalue weighted by atomic mass is 9.67. The molecule has 6 rings (SSSR count). The summed E-state index contributed by atoms with van der Waals surface area (Å²) in [4.78, 5) is 0. The fourth-order valence-electron chi connectivity index (χ4n) is 5.11. The number of fused-ring (bicyclic) bond motifs is 6. The Bertz CT molecular complexity index is 1380. The average Bonchev–Trinajstić information content (AvgIpc) is 2.84. The van der Waals surface area contributed by atoms with Gasteiger partial charge in [0, 0.05) is 5.41 Å². The maximum Gasteiger partial charge on any atom is 0.0159 e. The van der Waals surface area contributed by atoms with E-state index in [4.69, 9.17) is 0 Å². The van der Waals surface area contributed by atoms with Gasteiger partial charge in [-0.05, 0) is 54.6 Å². The average molecular weight is 405 g/mol. The maximum absolute atomic E-state index is 2.37. The normalized spacial score (nSPS) is 13.1. The molecule has 5 aromatic carbocycles. The molecule has 0 amide bonds. The van der Waals surface area contributed by atoms with Gasteiger partial charge in [0.2, 0.25) is 0 Å². The van der Waals surface area contributed by atoms with E-state index in [-0.39, 0.29) is 5.41 Å². The molecule has 0 unspecified atom stereocenters. The predicted molar refractivity (Wildman–Crippen MR) is 139 cm³/mol. The zero-order chi connectivity index (χ0) is 22.2. The molecule has 0 saturated carbocycles. The van der Waals surface area contributed by atoms with Gasteiger partial charge in [0.05, 0.1) is 0 Å². The molecule has 0 atom stereocenters. The molecule has 0 N–H and O–H groups in total. The molecule has 1 aliphatic carbocycles. The molecule has 0 heterocycles. The molecule has 0 heteroatoms. The van der Waals surface area contributed by atoms with Crippen molar-refractivity contribution in [3.8, 4) is 11.1 Å². The number of benzene rings is 5. The number of hydrogen-bond acceptors (Lipinski definition) is 0. The van der Waals surface area contributed by atoms with Crippen molar-refractivity contribution in [3.05, 3.63) is 96.1 Å². The third kappa shape index (κ3) is 3.05. The first kappa shape index (κ1) is 21.1. The van der Waals surface area contributed by atoms with Crippen molar-refractivity contribution in [1.82, 2.24) is 0 Å². The lowest BCUT2D eigenvalue weighted by Gasteiger charge is -2.36. The van der Waals surface area contributed by atoms with Crippen LogP contribution in [0.3, 0.4) is 0 Å². The minimum absolute atomic E-state index is 0.0195. The van der Waals surface area contributed by atoms with Crippen molar-refractivity contribution in [1.29, 1.82) is 0 Å². The molecule has 0 bridgehead atoms. The molecule has 0 aliphatic heterocycles. The van der Waals surface area contributed by atoms with Crippen LogP contribution in [-0.4, -0.2) is 0 Å². The summed E-state index contributed by atoms with van der Waals surface area (Å²) in [6.45, 7) is 12.7. The van der Waals surface area contributed by atoms with Crippen molar-refractivity contribution >= 4 is 32.3 Å². The Morgan fingerprint density at radius 2 is 1.06 bits per heavy atom. The van der Waals surface area contributed by atoms with E-state index in [0.29, 0.717) is 0 Å². The molecule has 31 heavy (non-hydrogen) atoms. The van der Waals surface area contributed by atoms with Gasteiger partial charge in [-0.25, -0.2) is 0 Å². The number of rotatable bonds is 0. The van der Waals surface area contributed by atoms with Gasteiger partial charge < -0.3 is 0 Å². The highest BCUT2D eigenvalue weighted by atomic mass is 14.4. The van der Waals surface area contributed by atoms with E-state index in [9.17, 15) is 0 Å². The summed E-state index contributed by atoms with van der Waals surface area (Å²) < 4.78 is 0. The van der Waals surface area contributed by atoms with Crippen LogP contribution in [-0.2, 0) is 5.41 Å². The van der Waals surface area contributed by atoms with Gasteiger partial charge in [0.15, 0.2) is 0 Å². The molecule has 0 radical (unpaired) electrons. The van der Waals surface area contributed by atoms with Crippen LogP contribution in [0.25, 0.3) is 43.4 Å². The van der Waals surface area contributed by atoms with Crippen LogP contribution >= 0.6 is 0 Å². The fourth-order valence-corrected chi connectivity index (χ4v) is 5.11. The Morgan fingerprint density at radius 1 is 0.484 bits per heavy atom. The smallest absolute Gasteiger partial charge is 0.0159 e. The Labute approximate surface area is 186 Å². The second kappa shape index (κ2) is 8.19. The van der Waals surface area contributed by atoms with E-state index in [0.717, 1.165) is 0 Å². The second-order valence-corrected chi connectivity index (χ2v) is 8.21. The van der Waals surface area contributed by atoms with Crippen LogP contribution in [0.15, 0.2) is 84.9 Å². The van der Waals surface area contributed by atoms with E-state index < -0.39 is 0 Å². The molecule has 0 fully saturated rings. The Balaban J connectivity index is 0.000000549. The lowest BCUT2D eigenvalue weighted by molar-refractivity contribution is 0.646. The molecular weight excluding hydrogens is 372 g/mol. The standard InChI is InChI=1S/C27H20.2C2H6/c1-27(2)22-12-6-9-18-8-5-11-21(24(18)22)26-23(27)16-15-19-14-13-17-7-3-4-10-20(17)25(19)26;2*1-2/h3-16H,1-2H3;2*1-2H3. The van der Waals surface area contributed by atoms with Crippen molar-refractivity contribution in [2.24, 2.45) is 0 Å². The quantitative estimate of drug-likeness (QED) is 0.225. The van der Waals surface area contributed by atoms with Crippen molar-refractivity contribution in [3.63, 3.8) is 0 Å². The summed E-state index contributed by atoms with van der Waals surface area (Å²) in [6.07, 6.45) is 0. The van der Waals surface area contributed by atoms with E-state index in [1.807, 2.05) is 27.7 Å². The maximum atomic E-state index is 2.37. The first-order valence-electron chi connectivity index (χ1n) is 11.6. The molecule has 0 nitrogen and oxygen atoms in total. The van der Waals surface area contributed by atoms with Crippen LogP contribution in [0.2, 0.25) is 0 Å². The second-order valence-electron chi connectivity index (χ2n) is 8.21. The third-order valence-electron chi connectivity index (χ3n) is 6.43. The van der Waals surface area contributed by atoms with Gasteiger partial charge in [-0.1, -0.05) is 126 Å². The van der Waals surface area contributed by atoms with Crippen LogP contribution in [0, 0.1) is 0 Å². The topological polar surface area (TPSA) is 0 Å². The number of hydrogen-bond donors (Lipinski definition) is 0. The van der Waals surface area contributed by atoms with Crippen molar-refractivity contribution in [2.75, 3.05) is 0 Å². The molecule has 0 spiro atoms. The van der Waals surface area contributed by atoms with Crippen LogP contribution in [0.5, 0.6) is 0 Å². The Hall–Kier alpha value is -3.12. The predicted octanol–water partition coefficient (Wildman–Crippen LogP) is 9.50. The summed E-state index contributed by atoms with van der Waals surface area (Å²) >= 11 is 0. The Morgan fingerprint density at radius 3 is 1.84 bits per heavy atom. The first-order valence-corrected chi connectivity index (χ1v) is 11.6. The molecule has 0 aromatic heterocycles. The molecule has 5 aromatic rings. The highest BCUT2D eigenvalue weighted by Crippen LogP contribution is 2.51. The van der Waals surface area contributed by atoms with Crippen molar-refractivity contribution < 1.29 is 0 Å². The summed E-state index contributed by atoms with van der Waals surface area (Å²) in [6, 6.07) is 31.4. The van der Waals surface area contributed by atoms with Crippen molar-refractivity contribution in [2.45, 2.75) is 47.0 Å². The summed E-state index contributed by atoms with van der Waals surface area (Å²) in [7, 11) is 0. The summed E-state index contributed by atoms with van der Waals surface area (Å²) in [5.41, 5.74) is 5.63. The van der Waals surface area contributed by atoms with Gasteiger partial charge in [0.25, 0.3) is 0 Å². The van der Waals surface area contributed by atoms with Gasteiger partial charge in [0.1, 0.15) is 0 Å². The van der Waals surface area contributed by atoms with Gasteiger partial charge in [-0.15, -0.1) is 0 Å². The Kier molecular flexibility index (Phi) is 5.58. The van der Waals surface area contributed by atoms with Gasteiger partial charge in [-0.2, -0.15) is 0 Å². The van der Waals surface area contributed by atoms with E-state index in [2.05, 4.69) is 98.8 Å². The monoisotopic (exact) mass is 404 g/mol. The highest BCUT2D eigenvalue weighted by Gasteiger charge is 2.34. The zero-order valence-electron chi connectivity index (χ0n) is 19.6. The van der Waals surface area contributed by atoms with E-state index in [1.54, 1.807) is 0 Å². The van der Waals surface area contributed by atoms with Crippen LogP contribution in [0.4, 0.5) is 0 Å². The van der Waals surface area contributed by atoms with E-state index in [1.165, 1.54) is 54.6 Å². The van der Waals surface area contributed by atoms with Crippen LogP contribution < -0.4 is 0 Å². The van der Waals surface area contributed by atoms with Gasteiger partial charge >= 0.3 is 0 Å². The molecule has 0 saturated heterocycles. The summed E-state index contributed by atoms with van der Waals surface area (Å²) in [5.74, 6) is 0. The molecule has 156 valence electrons. The van der Waals surface area contributed by atoms with E-state index >= 15 is 0 Å². The fraction of sp³-hybridized carbons (Fsp3) is 0.226. The SMILES string of the molecule is CC.CC.CC1(C)c2ccc3ccc4ccccc4c3c2-c2cccc3cccc1c23. The first-order chi connectivity index (χ1) is 15.2. The van der Waals surface area contributed by atoms with Gasteiger partial charge in [-0.3, -0.25) is 0 Å². The minimum atomic E-state index is -0.0195. The largest absolute Gasteiger partial charge is 0.0683 e. The lowest BCUT2D eigenvalue weighted by Crippen LogP contribution is -2.23. The molecular formula is C31H32. The molecule has 1 aliphatic rings. The van der Waals surface area contributed by atoms with Crippen LogP contribution in [0.1, 0.15) is 52.7 Å².